The van der Waals surface area contributed by atoms with Crippen molar-refractivity contribution in [1.82, 2.24) is 15.6 Å². The molecule has 2 N–H and O–H groups in total. The second-order valence-electron chi connectivity index (χ2n) is 9.24. The number of hydrogen-bond donors (Lipinski definition) is 2. The molecule has 6 heteroatoms. The molecule has 2 atom stereocenters. The summed E-state index contributed by atoms with van der Waals surface area (Å²) in [6.45, 7) is 13.9. The molecule has 0 unspecified atom stereocenters. The van der Waals surface area contributed by atoms with Crippen molar-refractivity contribution in [3.8, 4) is 0 Å². The number of nitrogens with one attached hydrogen (secondary N) is 2. The lowest BCUT2D eigenvalue weighted by atomic mass is 9.88. The Balaban J connectivity index is 2.74. The average molecular weight is 378 g/mol. The molecule has 0 fully saturated rings. The molecule has 0 spiro atoms. The largest absolute Gasteiger partial charge is 0.444 e. The minimum absolute atomic E-state index is 0.0242. The molecule has 0 saturated carbocycles. The minimum Gasteiger partial charge on any atom is -0.444 e. The molecular formula is C21H35N3O3. The third-order valence-corrected chi connectivity index (χ3v) is 3.84. The number of carbonyl (C=O) groups excluding carboxylic acids is 2. The van der Waals surface area contributed by atoms with Gasteiger partial charge in [0, 0.05) is 25.0 Å². The summed E-state index contributed by atoms with van der Waals surface area (Å²) in [6.07, 6.45) is 4.37. The molecule has 0 aliphatic rings. The fraction of sp³-hybridized carbons (Fsp3) is 0.667. The van der Waals surface area contributed by atoms with Gasteiger partial charge in [0.25, 0.3) is 0 Å². The highest BCUT2D eigenvalue weighted by atomic mass is 16.6. The first-order valence-corrected chi connectivity index (χ1v) is 9.48. The number of hydrogen-bond acceptors (Lipinski definition) is 5. The maximum absolute atomic E-state index is 12.2. The quantitative estimate of drug-likeness (QED) is 0.725. The summed E-state index contributed by atoms with van der Waals surface area (Å²) in [5, 5.41) is 6.25. The molecule has 0 aromatic carbocycles. The van der Waals surface area contributed by atoms with Crippen LogP contribution in [-0.2, 0) is 16.0 Å². The van der Waals surface area contributed by atoms with E-state index in [1.165, 1.54) is 0 Å². The van der Waals surface area contributed by atoms with Gasteiger partial charge < -0.3 is 15.4 Å². The van der Waals surface area contributed by atoms with Gasteiger partial charge in [0.1, 0.15) is 11.4 Å². The van der Waals surface area contributed by atoms with E-state index in [0.717, 1.165) is 12.0 Å². The molecular weight excluding hydrogens is 342 g/mol. The van der Waals surface area contributed by atoms with Crippen molar-refractivity contribution in [3.63, 3.8) is 0 Å². The van der Waals surface area contributed by atoms with Crippen LogP contribution in [0, 0.1) is 5.41 Å². The van der Waals surface area contributed by atoms with Crippen molar-refractivity contribution in [2.45, 2.75) is 79.0 Å². The van der Waals surface area contributed by atoms with Crippen LogP contribution < -0.4 is 10.6 Å². The Morgan fingerprint density at radius 2 is 1.85 bits per heavy atom. The van der Waals surface area contributed by atoms with Crippen molar-refractivity contribution in [3.05, 3.63) is 30.1 Å². The summed E-state index contributed by atoms with van der Waals surface area (Å²) in [6, 6.07) is 3.35. The van der Waals surface area contributed by atoms with E-state index in [-0.39, 0.29) is 23.3 Å². The van der Waals surface area contributed by atoms with E-state index in [1.54, 1.807) is 19.3 Å². The second-order valence-corrected chi connectivity index (χ2v) is 9.24. The SMILES string of the molecule is CC(=O)[C@H](Cc1cccnc1)NC[C@H](CC(C)(C)C)NC(=O)OC(C)(C)C. The first-order chi connectivity index (χ1) is 12.4. The first-order valence-electron chi connectivity index (χ1n) is 9.48. The summed E-state index contributed by atoms with van der Waals surface area (Å²) in [4.78, 5) is 28.4. The van der Waals surface area contributed by atoms with Crippen molar-refractivity contribution >= 4 is 11.9 Å². The molecule has 1 heterocycles. The smallest absolute Gasteiger partial charge is 0.407 e. The number of pyridine rings is 1. The minimum atomic E-state index is -0.550. The van der Waals surface area contributed by atoms with Crippen molar-refractivity contribution in [2.24, 2.45) is 5.41 Å². The second kappa shape index (κ2) is 9.83. The fourth-order valence-electron chi connectivity index (χ4n) is 2.79. The molecule has 0 bridgehead atoms. The molecule has 6 nitrogen and oxygen atoms in total. The molecule has 0 aliphatic heterocycles. The predicted octanol–water partition coefficient (Wildman–Crippen LogP) is 3.50. The van der Waals surface area contributed by atoms with E-state index in [0.29, 0.717) is 13.0 Å². The summed E-state index contributed by atoms with van der Waals surface area (Å²) in [5.41, 5.74) is 0.473. The van der Waals surface area contributed by atoms with Crippen LogP contribution in [0.5, 0.6) is 0 Å². The zero-order chi connectivity index (χ0) is 20.7. The lowest BCUT2D eigenvalue weighted by Gasteiger charge is -2.29. The molecule has 0 saturated heterocycles. The predicted molar refractivity (Wildman–Crippen MR) is 108 cm³/mol. The molecule has 1 amide bonds. The number of alkyl carbamates (subject to hydrolysis) is 1. The molecule has 1 aromatic heterocycles. The van der Waals surface area contributed by atoms with E-state index >= 15 is 0 Å². The van der Waals surface area contributed by atoms with Crippen molar-refractivity contribution in [1.29, 1.82) is 0 Å². The van der Waals surface area contributed by atoms with Crippen LogP contribution in [-0.4, -0.2) is 41.1 Å². The van der Waals surface area contributed by atoms with Gasteiger partial charge in [0.15, 0.2) is 0 Å². The number of ether oxygens (including phenoxy) is 1. The van der Waals surface area contributed by atoms with Gasteiger partial charge in [-0.3, -0.25) is 9.78 Å². The highest BCUT2D eigenvalue weighted by molar-refractivity contribution is 5.81. The van der Waals surface area contributed by atoms with Gasteiger partial charge in [-0.2, -0.15) is 0 Å². The standard InChI is InChI=1S/C21H35N3O3/c1-15(25)18(11-16-9-8-10-22-13-16)23-14-17(12-20(2,3)4)24-19(26)27-21(5,6)7/h8-10,13,17-18,23H,11-12,14H2,1-7H3,(H,24,26)/t17-,18-/m0/s1. The van der Waals surface area contributed by atoms with E-state index in [1.807, 2.05) is 32.9 Å². The fourth-order valence-corrected chi connectivity index (χ4v) is 2.79. The highest BCUT2D eigenvalue weighted by Gasteiger charge is 2.25. The molecule has 152 valence electrons. The van der Waals surface area contributed by atoms with Gasteiger partial charge in [-0.15, -0.1) is 0 Å². The average Bonchev–Trinajstić information content (AvgIpc) is 2.48. The Kier molecular flexibility index (Phi) is 8.41. The van der Waals surface area contributed by atoms with Crippen LogP contribution in [0.2, 0.25) is 0 Å². The molecule has 1 rings (SSSR count). The normalized spacial score (nSPS) is 14.3. The first kappa shape index (κ1) is 23.1. The number of carbonyl (C=O) groups is 2. The van der Waals surface area contributed by atoms with Gasteiger partial charge in [0.05, 0.1) is 6.04 Å². The zero-order valence-corrected chi connectivity index (χ0v) is 17.8. The molecule has 27 heavy (non-hydrogen) atoms. The molecule has 1 aromatic rings. The lowest BCUT2D eigenvalue weighted by molar-refractivity contribution is -0.119. The number of rotatable bonds is 8. The third kappa shape index (κ3) is 10.7. The Morgan fingerprint density at radius 1 is 1.19 bits per heavy atom. The Labute approximate surface area is 163 Å². The topological polar surface area (TPSA) is 80.3 Å². The highest BCUT2D eigenvalue weighted by Crippen LogP contribution is 2.21. The maximum atomic E-state index is 12.2. The molecule has 0 radical (unpaired) electrons. The Hall–Kier alpha value is -1.95. The van der Waals surface area contributed by atoms with Crippen LogP contribution in [0.3, 0.4) is 0 Å². The summed E-state index contributed by atoms with van der Waals surface area (Å²) >= 11 is 0. The van der Waals surface area contributed by atoms with Crippen molar-refractivity contribution in [2.75, 3.05) is 6.54 Å². The summed E-state index contributed by atoms with van der Waals surface area (Å²) < 4.78 is 5.38. The monoisotopic (exact) mass is 377 g/mol. The van der Waals surface area contributed by atoms with E-state index in [4.69, 9.17) is 4.74 Å². The third-order valence-electron chi connectivity index (χ3n) is 3.84. The summed E-state index contributed by atoms with van der Waals surface area (Å²) in [5.74, 6) is 0.0608. The van der Waals surface area contributed by atoms with E-state index in [9.17, 15) is 9.59 Å². The maximum Gasteiger partial charge on any atom is 0.407 e. The Morgan fingerprint density at radius 3 is 2.33 bits per heavy atom. The van der Waals surface area contributed by atoms with Gasteiger partial charge in [-0.05, 0) is 57.6 Å². The number of nitrogens with zero attached hydrogens (tertiary/aromatic N) is 1. The van der Waals surface area contributed by atoms with E-state index < -0.39 is 11.7 Å². The van der Waals surface area contributed by atoms with Crippen LogP contribution >= 0.6 is 0 Å². The van der Waals surface area contributed by atoms with Gasteiger partial charge >= 0.3 is 6.09 Å². The number of ketones is 1. The lowest BCUT2D eigenvalue weighted by Crippen LogP contribution is -2.49. The number of Topliss-reactive ketones (excluding diaryl/α,β-unsaturated/α-hetero) is 1. The van der Waals surface area contributed by atoms with Crippen molar-refractivity contribution < 1.29 is 14.3 Å². The number of aromatic nitrogens is 1. The van der Waals surface area contributed by atoms with Crippen LogP contribution in [0.25, 0.3) is 0 Å². The van der Waals surface area contributed by atoms with Crippen LogP contribution in [0.15, 0.2) is 24.5 Å². The zero-order valence-electron chi connectivity index (χ0n) is 17.8. The van der Waals surface area contributed by atoms with Crippen LogP contribution in [0.1, 0.15) is 60.5 Å². The molecule has 0 aliphatic carbocycles. The summed E-state index contributed by atoms with van der Waals surface area (Å²) in [7, 11) is 0. The van der Waals surface area contributed by atoms with E-state index in [2.05, 4.69) is 36.4 Å². The number of amides is 1. The Bertz CT molecular complexity index is 603. The van der Waals surface area contributed by atoms with Gasteiger partial charge in [0.2, 0.25) is 0 Å². The van der Waals surface area contributed by atoms with Crippen LogP contribution in [0.4, 0.5) is 4.79 Å². The van der Waals surface area contributed by atoms with Gasteiger partial charge in [-0.1, -0.05) is 26.8 Å². The van der Waals surface area contributed by atoms with Gasteiger partial charge in [-0.25, -0.2) is 4.79 Å².